The van der Waals surface area contributed by atoms with E-state index >= 15 is 0 Å². The molecule has 3 aromatic rings. The normalized spacial score (nSPS) is 25.3. The SMILES string of the molecule is Cc1ccc(C(=O)NC[C@H](NC(=O)c2cc(-c3ccccc3)n[nH]2)C(=O)N[C@@H](CC(C)C)B2O[C@@H]3C[C@H]4C[C@@H](C4(C)C)[C@]3(C)O2)cc1. The predicted molar refractivity (Wildman–Crippen MR) is 180 cm³/mol. The fourth-order valence-electron chi connectivity index (χ4n) is 7.74. The molecule has 4 fully saturated rings. The van der Waals surface area contributed by atoms with Crippen molar-refractivity contribution in [1.29, 1.82) is 0 Å². The third kappa shape index (κ3) is 6.60. The minimum Gasteiger partial charge on any atom is -0.404 e. The summed E-state index contributed by atoms with van der Waals surface area (Å²) in [5.74, 6) is -0.514. The van der Waals surface area contributed by atoms with Gasteiger partial charge in [0.15, 0.2) is 0 Å². The summed E-state index contributed by atoms with van der Waals surface area (Å²) in [5, 5.41) is 15.9. The molecule has 3 aliphatic carbocycles. The average molecular weight is 640 g/mol. The Morgan fingerprint density at radius 1 is 1.00 bits per heavy atom. The maximum atomic E-state index is 14.0. The number of hydrogen-bond acceptors (Lipinski definition) is 6. The van der Waals surface area contributed by atoms with Crippen LogP contribution in [0.4, 0.5) is 0 Å². The summed E-state index contributed by atoms with van der Waals surface area (Å²) in [7, 11) is -0.619. The Morgan fingerprint density at radius 3 is 2.40 bits per heavy atom. The minimum atomic E-state index is -1.08. The van der Waals surface area contributed by atoms with Crippen LogP contribution in [0.2, 0.25) is 0 Å². The van der Waals surface area contributed by atoms with E-state index in [2.05, 4.69) is 60.8 Å². The number of carbonyl (C=O) groups excluding carboxylic acids is 3. The predicted octanol–water partition coefficient (Wildman–Crippen LogP) is 4.71. The summed E-state index contributed by atoms with van der Waals surface area (Å²) < 4.78 is 13.3. The molecule has 47 heavy (non-hydrogen) atoms. The lowest BCUT2D eigenvalue weighted by Crippen LogP contribution is -2.65. The van der Waals surface area contributed by atoms with E-state index in [0.29, 0.717) is 29.5 Å². The number of hydrogen-bond donors (Lipinski definition) is 4. The monoisotopic (exact) mass is 639 g/mol. The molecule has 7 rings (SSSR count). The fourth-order valence-corrected chi connectivity index (χ4v) is 7.74. The van der Waals surface area contributed by atoms with Crippen LogP contribution >= 0.6 is 0 Å². The van der Waals surface area contributed by atoms with E-state index in [0.717, 1.165) is 24.0 Å². The van der Waals surface area contributed by atoms with Gasteiger partial charge in [0, 0.05) is 17.7 Å². The van der Waals surface area contributed by atoms with Crippen molar-refractivity contribution < 1.29 is 23.7 Å². The lowest BCUT2D eigenvalue weighted by atomic mass is 9.43. The van der Waals surface area contributed by atoms with Crippen molar-refractivity contribution in [3.8, 4) is 11.3 Å². The maximum absolute atomic E-state index is 14.0. The molecule has 0 unspecified atom stereocenters. The van der Waals surface area contributed by atoms with Crippen LogP contribution in [0, 0.1) is 30.1 Å². The number of aromatic nitrogens is 2. The molecule has 1 aromatic heterocycles. The Kier molecular flexibility index (Phi) is 9.06. The van der Waals surface area contributed by atoms with Gasteiger partial charge in [-0.05, 0) is 74.5 Å². The molecule has 2 aromatic carbocycles. The van der Waals surface area contributed by atoms with Crippen LogP contribution in [-0.4, -0.2) is 65.3 Å². The molecule has 11 heteroatoms. The number of aryl methyl sites for hydroxylation is 1. The van der Waals surface area contributed by atoms with Crippen LogP contribution in [0.1, 0.15) is 80.3 Å². The van der Waals surface area contributed by atoms with Crippen LogP contribution in [-0.2, 0) is 14.1 Å². The molecule has 4 aliphatic rings. The minimum absolute atomic E-state index is 0.0284. The van der Waals surface area contributed by atoms with Crippen LogP contribution in [0.15, 0.2) is 60.7 Å². The van der Waals surface area contributed by atoms with E-state index in [-0.39, 0.29) is 35.6 Å². The van der Waals surface area contributed by atoms with Crippen LogP contribution in [0.25, 0.3) is 11.3 Å². The van der Waals surface area contributed by atoms with Gasteiger partial charge in [0.05, 0.1) is 23.3 Å². The Hall–Kier alpha value is -3.96. The van der Waals surface area contributed by atoms with Crippen LogP contribution in [0.3, 0.4) is 0 Å². The van der Waals surface area contributed by atoms with Gasteiger partial charge in [0.1, 0.15) is 11.7 Å². The second kappa shape index (κ2) is 12.9. The van der Waals surface area contributed by atoms with Crippen molar-refractivity contribution >= 4 is 24.8 Å². The van der Waals surface area contributed by atoms with E-state index in [1.165, 1.54) is 0 Å². The summed E-state index contributed by atoms with van der Waals surface area (Å²) in [5.41, 5.74) is 2.92. The third-order valence-electron chi connectivity index (χ3n) is 10.6. The van der Waals surface area contributed by atoms with Crippen molar-refractivity contribution in [2.75, 3.05) is 6.54 Å². The molecular formula is C36H46BN5O5. The first-order valence-electron chi connectivity index (χ1n) is 16.8. The number of carbonyl (C=O) groups is 3. The molecule has 1 aliphatic heterocycles. The molecule has 1 saturated heterocycles. The highest BCUT2D eigenvalue weighted by Gasteiger charge is 2.68. The first-order valence-corrected chi connectivity index (χ1v) is 16.8. The number of rotatable bonds is 11. The van der Waals surface area contributed by atoms with E-state index < -0.39 is 36.5 Å². The van der Waals surface area contributed by atoms with Gasteiger partial charge in [0.25, 0.3) is 11.8 Å². The van der Waals surface area contributed by atoms with Crippen molar-refractivity contribution in [2.24, 2.45) is 23.2 Å². The van der Waals surface area contributed by atoms with Gasteiger partial charge in [-0.15, -0.1) is 0 Å². The molecule has 2 bridgehead atoms. The number of benzene rings is 2. The Labute approximate surface area is 277 Å². The molecule has 248 valence electrons. The topological polar surface area (TPSA) is 134 Å². The summed E-state index contributed by atoms with van der Waals surface area (Å²) in [6.07, 6.45) is 2.66. The van der Waals surface area contributed by atoms with Gasteiger partial charge in [-0.2, -0.15) is 5.10 Å². The number of H-pyrrole nitrogens is 1. The quantitative estimate of drug-likeness (QED) is 0.225. The second-order valence-electron chi connectivity index (χ2n) is 14.7. The lowest BCUT2D eigenvalue weighted by Gasteiger charge is -2.64. The average Bonchev–Trinajstić information content (AvgIpc) is 3.68. The van der Waals surface area contributed by atoms with Gasteiger partial charge in [-0.1, -0.05) is 75.7 Å². The van der Waals surface area contributed by atoms with Gasteiger partial charge in [0.2, 0.25) is 5.91 Å². The molecule has 0 radical (unpaired) electrons. The number of amides is 3. The highest BCUT2D eigenvalue weighted by Crippen LogP contribution is 2.65. The van der Waals surface area contributed by atoms with Crippen molar-refractivity contribution in [3.63, 3.8) is 0 Å². The number of nitrogens with zero attached hydrogens (tertiary/aromatic N) is 1. The molecule has 3 saturated carbocycles. The highest BCUT2D eigenvalue weighted by atomic mass is 16.7. The Morgan fingerprint density at radius 2 is 1.72 bits per heavy atom. The summed E-state index contributed by atoms with van der Waals surface area (Å²) in [6.45, 7) is 12.8. The van der Waals surface area contributed by atoms with E-state index in [1.54, 1.807) is 18.2 Å². The van der Waals surface area contributed by atoms with Crippen LogP contribution < -0.4 is 16.0 Å². The van der Waals surface area contributed by atoms with Crippen molar-refractivity contribution in [1.82, 2.24) is 26.1 Å². The third-order valence-corrected chi connectivity index (χ3v) is 10.6. The zero-order valence-electron chi connectivity index (χ0n) is 28.1. The molecule has 0 spiro atoms. The van der Waals surface area contributed by atoms with Gasteiger partial charge >= 0.3 is 7.12 Å². The fraction of sp³-hybridized carbons (Fsp3) is 0.500. The summed E-state index contributed by atoms with van der Waals surface area (Å²) in [6, 6.07) is 17.2. The second-order valence-corrected chi connectivity index (χ2v) is 14.7. The largest absolute Gasteiger partial charge is 0.481 e. The zero-order chi connectivity index (χ0) is 33.5. The standard InChI is InChI=1S/C36H46BN5O5/c1-21(2)16-31(37-46-30-18-25-17-29(35(25,4)5)36(30,6)47-37)40-34(45)28(20-38-32(43)24-14-12-22(3)13-15-24)39-33(44)27-19-26(41-42-27)23-10-8-7-9-11-23/h7-15,19,21,25,28-31H,16-18,20H2,1-6H3,(H,38,43)(H,39,44)(H,40,45)(H,41,42)/t25-,28+,29+,30-,31+,36+/m1/s1. The first kappa shape index (κ1) is 33.0. The van der Waals surface area contributed by atoms with Gasteiger partial charge < -0.3 is 25.3 Å². The molecular weight excluding hydrogens is 593 g/mol. The molecule has 6 atom stereocenters. The van der Waals surface area contributed by atoms with E-state index in [4.69, 9.17) is 9.31 Å². The number of nitrogens with one attached hydrogen (secondary N) is 4. The number of aromatic amines is 1. The Bertz CT molecular complexity index is 1610. The van der Waals surface area contributed by atoms with Crippen LogP contribution in [0.5, 0.6) is 0 Å². The smallest absolute Gasteiger partial charge is 0.404 e. The summed E-state index contributed by atoms with van der Waals surface area (Å²) >= 11 is 0. The van der Waals surface area contributed by atoms with Crippen molar-refractivity contribution in [3.05, 3.63) is 77.5 Å². The Balaban J connectivity index is 1.19. The van der Waals surface area contributed by atoms with Crippen molar-refractivity contribution in [2.45, 2.75) is 84.5 Å². The lowest BCUT2D eigenvalue weighted by molar-refractivity contribution is -0.199. The maximum Gasteiger partial charge on any atom is 0.481 e. The molecule has 4 N–H and O–H groups in total. The first-order chi connectivity index (χ1) is 22.3. The molecule has 10 nitrogen and oxygen atoms in total. The van der Waals surface area contributed by atoms with Gasteiger partial charge in [-0.3, -0.25) is 19.5 Å². The summed E-state index contributed by atoms with van der Waals surface area (Å²) in [4.78, 5) is 40.5. The van der Waals surface area contributed by atoms with E-state index in [1.807, 2.05) is 49.4 Å². The zero-order valence-corrected chi connectivity index (χ0v) is 28.1. The van der Waals surface area contributed by atoms with E-state index in [9.17, 15) is 14.4 Å². The highest BCUT2D eigenvalue weighted by molar-refractivity contribution is 6.48. The molecule has 2 heterocycles. The molecule has 3 amide bonds. The van der Waals surface area contributed by atoms with Gasteiger partial charge in [-0.25, -0.2) is 0 Å².